The third-order valence-electron chi connectivity index (χ3n) is 1.90. The summed E-state index contributed by atoms with van der Waals surface area (Å²) in [7, 11) is -1.40. The fraction of sp³-hybridized carbons (Fsp3) is 0.700. The summed E-state index contributed by atoms with van der Waals surface area (Å²) in [5.74, 6) is 0. The van der Waals surface area contributed by atoms with Crippen molar-refractivity contribution in [3.05, 3.63) is 18.7 Å². The van der Waals surface area contributed by atoms with Gasteiger partial charge in [-0.2, -0.15) is 0 Å². The van der Waals surface area contributed by atoms with Gasteiger partial charge in [-0.15, -0.1) is 0 Å². The standard InChI is InChI=1S/C6H11N2.C4H11O3P/c1-3-8-5-4-7(2)6-8;1-3-7-8(5,6)4-2/h4-6H,3H2,1-2H3;3-4H2,1-2H3,(H,5,6)/q+1;/p-1. The van der Waals surface area contributed by atoms with Crippen LogP contribution in [0.2, 0.25) is 0 Å². The lowest BCUT2D eigenvalue weighted by Gasteiger charge is -2.19. The van der Waals surface area contributed by atoms with Crippen molar-refractivity contribution in [3.63, 3.8) is 0 Å². The van der Waals surface area contributed by atoms with Crippen molar-refractivity contribution < 1.29 is 18.5 Å². The van der Waals surface area contributed by atoms with E-state index in [4.69, 9.17) is 0 Å². The summed E-state index contributed by atoms with van der Waals surface area (Å²) in [6.45, 7) is 6.64. The molecular weight excluding hydrogens is 227 g/mol. The van der Waals surface area contributed by atoms with E-state index in [1.165, 1.54) is 0 Å². The monoisotopic (exact) mass is 248 g/mol. The minimum atomic E-state index is -3.42. The Morgan fingerprint density at radius 2 is 2.06 bits per heavy atom. The topological polar surface area (TPSA) is 58.2 Å². The van der Waals surface area contributed by atoms with Crippen LogP contribution < -0.4 is 9.46 Å². The summed E-state index contributed by atoms with van der Waals surface area (Å²) < 4.78 is 18.9. The molecule has 0 saturated heterocycles. The van der Waals surface area contributed by atoms with Crippen LogP contribution in [0.15, 0.2) is 18.7 Å². The molecule has 0 spiro atoms. The molecule has 0 aliphatic carbocycles. The third kappa shape index (κ3) is 6.77. The molecule has 1 aromatic rings. The van der Waals surface area contributed by atoms with Crippen LogP contribution in [-0.4, -0.2) is 17.3 Å². The first-order chi connectivity index (χ1) is 7.45. The number of nitrogens with zero attached hydrogens (tertiary/aromatic N) is 2. The van der Waals surface area contributed by atoms with E-state index in [9.17, 15) is 9.46 Å². The van der Waals surface area contributed by atoms with Crippen LogP contribution in [0.5, 0.6) is 0 Å². The number of aryl methyl sites for hydroxylation is 2. The molecule has 0 fully saturated rings. The highest BCUT2D eigenvalue weighted by Gasteiger charge is 2.00. The van der Waals surface area contributed by atoms with Gasteiger partial charge in [0.05, 0.1) is 20.2 Å². The zero-order chi connectivity index (χ0) is 12.6. The van der Waals surface area contributed by atoms with Crippen LogP contribution in [0.4, 0.5) is 0 Å². The number of hydrogen-bond donors (Lipinski definition) is 0. The van der Waals surface area contributed by atoms with Crippen LogP contribution in [0.25, 0.3) is 0 Å². The Morgan fingerprint density at radius 1 is 1.44 bits per heavy atom. The van der Waals surface area contributed by atoms with Gasteiger partial charge in [0.15, 0.2) is 0 Å². The largest absolute Gasteiger partial charge is 0.779 e. The molecule has 0 amide bonds. The lowest BCUT2D eigenvalue weighted by molar-refractivity contribution is -0.671. The first-order valence-electron chi connectivity index (χ1n) is 5.40. The Kier molecular flexibility index (Phi) is 7.30. The summed E-state index contributed by atoms with van der Waals surface area (Å²) in [5.41, 5.74) is 0. The Labute approximate surface area is 97.2 Å². The van der Waals surface area contributed by atoms with Crippen LogP contribution in [0.1, 0.15) is 20.8 Å². The molecule has 0 bridgehead atoms. The maximum Gasteiger partial charge on any atom is 0.243 e. The molecule has 0 N–H and O–H groups in total. The highest BCUT2D eigenvalue weighted by atomic mass is 31.2. The highest BCUT2D eigenvalue weighted by Crippen LogP contribution is 2.35. The Hall–Kier alpha value is -0.640. The van der Waals surface area contributed by atoms with E-state index in [-0.39, 0.29) is 12.8 Å². The number of rotatable bonds is 4. The average Bonchev–Trinajstić information content (AvgIpc) is 2.65. The molecule has 1 heterocycles. The van der Waals surface area contributed by atoms with E-state index in [0.29, 0.717) is 0 Å². The first-order valence-corrected chi connectivity index (χ1v) is 7.13. The minimum absolute atomic E-state index is 0.0842. The quantitative estimate of drug-likeness (QED) is 0.588. The molecule has 0 aliphatic heterocycles. The fourth-order valence-electron chi connectivity index (χ4n) is 0.977. The molecule has 94 valence electrons. The van der Waals surface area contributed by atoms with E-state index >= 15 is 0 Å². The first kappa shape index (κ1) is 15.4. The summed E-state index contributed by atoms with van der Waals surface area (Å²) in [4.78, 5) is 10.4. The molecule has 0 saturated carbocycles. The second kappa shape index (κ2) is 7.60. The van der Waals surface area contributed by atoms with Crippen molar-refractivity contribution in [2.24, 2.45) is 7.05 Å². The molecule has 0 aromatic carbocycles. The Balaban J connectivity index is 0.000000281. The van der Waals surface area contributed by atoms with Crippen LogP contribution in [-0.2, 0) is 22.7 Å². The van der Waals surface area contributed by atoms with Gasteiger partial charge in [-0.05, 0) is 13.8 Å². The van der Waals surface area contributed by atoms with Gasteiger partial charge in [-0.25, -0.2) is 9.13 Å². The molecule has 5 nitrogen and oxygen atoms in total. The molecule has 1 aromatic heterocycles. The van der Waals surface area contributed by atoms with Crippen molar-refractivity contribution in [2.45, 2.75) is 27.3 Å². The number of aromatic nitrogens is 2. The summed E-state index contributed by atoms with van der Waals surface area (Å²) in [6.07, 6.45) is 6.23. The van der Waals surface area contributed by atoms with Gasteiger partial charge in [-0.3, -0.25) is 0 Å². The molecule has 0 radical (unpaired) electrons. The zero-order valence-electron chi connectivity index (χ0n) is 10.4. The lowest BCUT2D eigenvalue weighted by Crippen LogP contribution is -2.23. The van der Waals surface area contributed by atoms with Crippen LogP contribution >= 0.6 is 7.60 Å². The second-order valence-electron chi connectivity index (χ2n) is 3.25. The highest BCUT2D eigenvalue weighted by molar-refractivity contribution is 7.51. The van der Waals surface area contributed by atoms with Gasteiger partial charge in [0.1, 0.15) is 20.0 Å². The predicted molar refractivity (Wildman–Crippen MR) is 61.1 cm³/mol. The molecular formula is C10H21N2O3P. The SMILES string of the molecule is CCOP(=O)([O-])CC.CCn1cc[n+](C)c1. The average molecular weight is 248 g/mol. The molecule has 1 atom stereocenters. The van der Waals surface area contributed by atoms with E-state index in [2.05, 4.69) is 28.5 Å². The van der Waals surface area contributed by atoms with Gasteiger partial charge in [0, 0.05) is 6.16 Å². The van der Waals surface area contributed by atoms with Crippen LogP contribution in [0, 0.1) is 0 Å². The minimum Gasteiger partial charge on any atom is -0.779 e. The number of hydrogen-bond acceptors (Lipinski definition) is 3. The third-order valence-corrected chi connectivity index (χ3v) is 3.33. The Bertz CT molecular complexity index is 339. The Morgan fingerprint density at radius 3 is 2.25 bits per heavy atom. The van der Waals surface area contributed by atoms with Gasteiger partial charge >= 0.3 is 0 Å². The smallest absolute Gasteiger partial charge is 0.243 e. The fourth-order valence-corrected chi connectivity index (χ4v) is 1.55. The van der Waals surface area contributed by atoms with Gasteiger partial charge in [0.2, 0.25) is 6.33 Å². The van der Waals surface area contributed by atoms with E-state index in [0.717, 1.165) is 6.54 Å². The van der Waals surface area contributed by atoms with Crippen molar-refractivity contribution >= 4 is 7.60 Å². The van der Waals surface area contributed by atoms with Crippen LogP contribution in [0.3, 0.4) is 0 Å². The van der Waals surface area contributed by atoms with Crippen molar-refractivity contribution in [1.82, 2.24) is 4.57 Å². The van der Waals surface area contributed by atoms with Crippen molar-refractivity contribution in [2.75, 3.05) is 12.8 Å². The number of imidazole rings is 1. The molecule has 16 heavy (non-hydrogen) atoms. The van der Waals surface area contributed by atoms with Crippen molar-refractivity contribution in [1.29, 1.82) is 0 Å². The van der Waals surface area contributed by atoms with E-state index < -0.39 is 7.60 Å². The second-order valence-corrected chi connectivity index (χ2v) is 5.37. The summed E-state index contributed by atoms with van der Waals surface area (Å²) in [6, 6.07) is 0. The van der Waals surface area contributed by atoms with Gasteiger partial charge < -0.3 is 14.0 Å². The maximum atomic E-state index is 10.4. The van der Waals surface area contributed by atoms with Gasteiger partial charge in [0.25, 0.3) is 0 Å². The predicted octanol–water partition coefficient (Wildman–Crippen LogP) is 0.929. The normalized spacial score (nSPS) is 13.8. The summed E-state index contributed by atoms with van der Waals surface area (Å²) in [5, 5.41) is 0. The van der Waals surface area contributed by atoms with Crippen molar-refractivity contribution in [3.8, 4) is 0 Å². The van der Waals surface area contributed by atoms with Gasteiger partial charge in [-0.1, -0.05) is 6.92 Å². The van der Waals surface area contributed by atoms with E-state index in [1.807, 2.05) is 17.8 Å². The molecule has 6 heteroatoms. The maximum absolute atomic E-state index is 10.4. The van der Waals surface area contributed by atoms with E-state index in [1.54, 1.807) is 13.8 Å². The summed E-state index contributed by atoms with van der Waals surface area (Å²) >= 11 is 0. The molecule has 1 rings (SSSR count). The molecule has 1 unspecified atom stereocenters. The lowest BCUT2D eigenvalue weighted by atomic mass is 10.7. The molecule has 0 aliphatic rings. The zero-order valence-corrected chi connectivity index (χ0v) is 11.3.